The summed E-state index contributed by atoms with van der Waals surface area (Å²) in [4.78, 5) is 19.1. The van der Waals surface area contributed by atoms with Crippen molar-refractivity contribution in [3.63, 3.8) is 0 Å². The predicted molar refractivity (Wildman–Crippen MR) is 143 cm³/mol. The van der Waals surface area contributed by atoms with Crippen LogP contribution in [0.3, 0.4) is 0 Å². The molecule has 1 atom stereocenters. The lowest BCUT2D eigenvalue weighted by atomic mass is 9.87. The second kappa shape index (κ2) is 12.6. The number of nitrogens with zero attached hydrogens (tertiary/aromatic N) is 2. The van der Waals surface area contributed by atoms with Gasteiger partial charge in [-0.2, -0.15) is 0 Å². The fourth-order valence-corrected chi connectivity index (χ4v) is 4.72. The zero-order valence-electron chi connectivity index (χ0n) is 21.4. The number of piperidine rings is 1. The minimum atomic E-state index is -0.257. The van der Waals surface area contributed by atoms with Crippen LogP contribution in [-0.2, 0) is 0 Å². The number of β-amino-alcohol motifs (C(OH)–C–C–N with tert-alkyl or cyclic N) is 1. The van der Waals surface area contributed by atoms with E-state index in [9.17, 15) is 14.3 Å². The zero-order valence-corrected chi connectivity index (χ0v) is 21.4. The van der Waals surface area contributed by atoms with Crippen molar-refractivity contribution in [3.05, 3.63) is 101 Å². The van der Waals surface area contributed by atoms with Crippen LogP contribution in [0.2, 0.25) is 0 Å². The standard InChI is InChI=1S/C30H34FN3O3/c1-3-37-28-18-26(19-32-20-28)30(36)33-21(2)22-4-6-23(7-5-22)29(24-8-10-27(31)11-9-24)25-12-14-34(15-13-25)16-17-35/h4-11,18-21,35H,3,12-17H2,1-2H3,(H,33,36)/t21-/m1/s1. The molecule has 7 heteroatoms. The zero-order chi connectivity index (χ0) is 26.2. The van der Waals surface area contributed by atoms with Gasteiger partial charge >= 0.3 is 0 Å². The van der Waals surface area contributed by atoms with Crippen LogP contribution < -0.4 is 10.1 Å². The molecular weight excluding hydrogens is 469 g/mol. The third-order valence-electron chi connectivity index (χ3n) is 6.70. The van der Waals surface area contributed by atoms with Gasteiger partial charge in [0.15, 0.2) is 0 Å². The first-order valence-corrected chi connectivity index (χ1v) is 12.8. The van der Waals surface area contributed by atoms with Gasteiger partial charge in [0.2, 0.25) is 0 Å². The molecule has 2 heterocycles. The van der Waals surface area contributed by atoms with E-state index >= 15 is 0 Å². The Labute approximate surface area is 217 Å². The van der Waals surface area contributed by atoms with E-state index < -0.39 is 0 Å². The van der Waals surface area contributed by atoms with Crippen LogP contribution in [0.15, 0.2) is 72.6 Å². The van der Waals surface area contributed by atoms with E-state index in [1.165, 1.54) is 23.9 Å². The van der Waals surface area contributed by atoms with Crippen molar-refractivity contribution in [2.45, 2.75) is 32.7 Å². The molecule has 2 aromatic carbocycles. The number of halogens is 1. The first-order chi connectivity index (χ1) is 18.0. The molecule has 0 saturated carbocycles. The van der Waals surface area contributed by atoms with Crippen LogP contribution in [0, 0.1) is 5.82 Å². The van der Waals surface area contributed by atoms with Gasteiger partial charge in [-0.25, -0.2) is 4.39 Å². The summed E-state index contributed by atoms with van der Waals surface area (Å²) in [7, 11) is 0. The Balaban J connectivity index is 1.54. The number of nitrogens with one attached hydrogen (secondary N) is 1. The number of pyridine rings is 1. The molecule has 0 bridgehead atoms. The molecule has 194 valence electrons. The molecule has 0 aliphatic carbocycles. The monoisotopic (exact) mass is 503 g/mol. The van der Waals surface area contributed by atoms with Crippen molar-refractivity contribution in [1.82, 2.24) is 15.2 Å². The van der Waals surface area contributed by atoms with Crippen molar-refractivity contribution in [2.75, 3.05) is 32.8 Å². The molecule has 0 spiro atoms. The summed E-state index contributed by atoms with van der Waals surface area (Å²) in [6.07, 6.45) is 4.92. The molecule has 1 aliphatic rings. The van der Waals surface area contributed by atoms with Gasteiger partial charge in [0.1, 0.15) is 11.6 Å². The smallest absolute Gasteiger partial charge is 0.253 e. The molecule has 3 aromatic rings. The number of aliphatic hydroxyl groups is 1. The average molecular weight is 504 g/mol. The Morgan fingerprint density at radius 1 is 1.05 bits per heavy atom. The normalized spacial score (nSPS) is 14.8. The first-order valence-electron chi connectivity index (χ1n) is 12.8. The fourth-order valence-electron chi connectivity index (χ4n) is 4.72. The number of hydrogen-bond donors (Lipinski definition) is 2. The molecule has 37 heavy (non-hydrogen) atoms. The summed E-state index contributed by atoms with van der Waals surface area (Å²) in [6, 6.07) is 16.3. The Morgan fingerprint density at radius 2 is 1.70 bits per heavy atom. The van der Waals surface area contributed by atoms with Crippen molar-refractivity contribution in [1.29, 1.82) is 0 Å². The van der Waals surface area contributed by atoms with E-state index in [1.54, 1.807) is 12.3 Å². The molecule has 1 aromatic heterocycles. The van der Waals surface area contributed by atoms with E-state index in [1.807, 2.05) is 38.1 Å². The number of ether oxygens (including phenoxy) is 1. The number of carbonyl (C=O) groups excluding carboxylic acids is 1. The summed E-state index contributed by atoms with van der Waals surface area (Å²) < 4.78 is 19.1. The number of hydrogen-bond acceptors (Lipinski definition) is 5. The topological polar surface area (TPSA) is 74.7 Å². The highest BCUT2D eigenvalue weighted by molar-refractivity contribution is 5.94. The van der Waals surface area contributed by atoms with E-state index in [4.69, 9.17) is 4.74 Å². The lowest BCUT2D eigenvalue weighted by Gasteiger charge is -2.29. The molecule has 0 unspecified atom stereocenters. The van der Waals surface area contributed by atoms with Crippen LogP contribution in [0.5, 0.6) is 5.75 Å². The fraction of sp³-hybridized carbons (Fsp3) is 0.333. The van der Waals surface area contributed by atoms with Gasteiger partial charge in [0.25, 0.3) is 5.91 Å². The Bertz CT molecular complexity index is 1220. The number of benzene rings is 2. The summed E-state index contributed by atoms with van der Waals surface area (Å²) in [5.74, 6) is 0.0953. The van der Waals surface area contributed by atoms with Gasteiger partial charge in [0, 0.05) is 25.8 Å². The highest BCUT2D eigenvalue weighted by Crippen LogP contribution is 2.33. The van der Waals surface area contributed by atoms with Gasteiger partial charge in [-0.3, -0.25) is 9.78 Å². The molecule has 6 nitrogen and oxygen atoms in total. The van der Waals surface area contributed by atoms with Crippen LogP contribution in [0.4, 0.5) is 4.39 Å². The van der Waals surface area contributed by atoms with Crippen molar-refractivity contribution >= 4 is 11.5 Å². The molecule has 4 rings (SSSR count). The summed E-state index contributed by atoms with van der Waals surface area (Å²) >= 11 is 0. The van der Waals surface area contributed by atoms with Crippen molar-refractivity contribution in [3.8, 4) is 5.75 Å². The van der Waals surface area contributed by atoms with Gasteiger partial charge in [-0.1, -0.05) is 42.0 Å². The van der Waals surface area contributed by atoms with E-state index in [2.05, 4.69) is 27.3 Å². The average Bonchev–Trinajstić information content (AvgIpc) is 2.92. The van der Waals surface area contributed by atoms with Gasteiger partial charge < -0.3 is 20.1 Å². The number of amides is 1. The first kappa shape index (κ1) is 26.5. The largest absolute Gasteiger partial charge is 0.492 e. The second-order valence-corrected chi connectivity index (χ2v) is 9.21. The number of likely N-dealkylation sites (tertiary alicyclic amines) is 1. The molecule has 1 saturated heterocycles. The van der Waals surface area contributed by atoms with Gasteiger partial charge in [-0.15, -0.1) is 0 Å². The molecule has 0 radical (unpaired) electrons. The number of aromatic nitrogens is 1. The SMILES string of the molecule is CCOc1cncc(C(=O)N[C@H](C)c2ccc(C(=C3CCN(CCO)CC3)c3ccc(F)cc3)cc2)c1. The minimum absolute atomic E-state index is 0.161. The maximum Gasteiger partial charge on any atom is 0.253 e. The van der Waals surface area contributed by atoms with Crippen molar-refractivity contribution in [2.24, 2.45) is 0 Å². The van der Waals surface area contributed by atoms with E-state index in [0.29, 0.717) is 24.5 Å². The highest BCUT2D eigenvalue weighted by atomic mass is 19.1. The molecule has 1 fully saturated rings. The lowest BCUT2D eigenvalue weighted by molar-refractivity contribution is 0.0939. The molecule has 1 amide bonds. The third kappa shape index (κ3) is 6.81. The molecular formula is C30H34FN3O3. The van der Waals surface area contributed by atoms with E-state index in [0.717, 1.165) is 48.2 Å². The Morgan fingerprint density at radius 3 is 2.32 bits per heavy atom. The van der Waals surface area contributed by atoms with Crippen LogP contribution >= 0.6 is 0 Å². The van der Waals surface area contributed by atoms with E-state index in [-0.39, 0.29) is 24.4 Å². The third-order valence-corrected chi connectivity index (χ3v) is 6.70. The van der Waals surface area contributed by atoms with Crippen LogP contribution in [-0.4, -0.2) is 53.7 Å². The molecule has 2 N–H and O–H groups in total. The van der Waals surface area contributed by atoms with Crippen LogP contribution in [0.25, 0.3) is 5.57 Å². The minimum Gasteiger partial charge on any atom is -0.492 e. The molecule has 1 aliphatic heterocycles. The maximum absolute atomic E-state index is 13.7. The number of rotatable bonds is 9. The summed E-state index contributed by atoms with van der Waals surface area (Å²) in [6.45, 7) is 6.96. The Hall–Kier alpha value is -3.55. The summed E-state index contributed by atoms with van der Waals surface area (Å²) in [5.41, 5.74) is 5.94. The number of carbonyl (C=O) groups is 1. The maximum atomic E-state index is 13.7. The second-order valence-electron chi connectivity index (χ2n) is 9.21. The summed E-state index contributed by atoms with van der Waals surface area (Å²) in [5, 5.41) is 12.3. The van der Waals surface area contributed by atoms with Gasteiger partial charge in [0.05, 0.1) is 31.0 Å². The predicted octanol–water partition coefficient (Wildman–Crippen LogP) is 5.00. The number of aliphatic hydroxyl groups excluding tert-OH is 1. The van der Waals surface area contributed by atoms with Crippen LogP contribution in [0.1, 0.15) is 59.8 Å². The van der Waals surface area contributed by atoms with Gasteiger partial charge in [-0.05, 0) is 67.2 Å². The highest BCUT2D eigenvalue weighted by Gasteiger charge is 2.19. The quantitative estimate of drug-likeness (QED) is 0.430. The van der Waals surface area contributed by atoms with Crippen molar-refractivity contribution < 1.29 is 19.0 Å². The Kier molecular flexibility index (Phi) is 9.04. The lowest BCUT2D eigenvalue weighted by Crippen LogP contribution is -2.33.